The fourth-order valence-electron chi connectivity index (χ4n) is 5.62. The van der Waals surface area contributed by atoms with E-state index in [1.165, 1.54) is 19.2 Å². The van der Waals surface area contributed by atoms with Crippen molar-refractivity contribution in [3.05, 3.63) is 40.7 Å². The summed E-state index contributed by atoms with van der Waals surface area (Å²) < 4.78 is 11.6. The van der Waals surface area contributed by atoms with Gasteiger partial charge < -0.3 is 30.3 Å². The highest BCUT2D eigenvalue weighted by Crippen LogP contribution is 2.34. The molecule has 3 N–H and O–H groups in total. The Kier molecular flexibility index (Phi) is 9.95. The van der Waals surface area contributed by atoms with Crippen LogP contribution < -0.4 is 20.7 Å². The number of rotatable bonds is 10. The van der Waals surface area contributed by atoms with Crippen molar-refractivity contribution in [2.24, 2.45) is 5.92 Å². The summed E-state index contributed by atoms with van der Waals surface area (Å²) in [4.78, 5) is 36.3. The van der Waals surface area contributed by atoms with E-state index < -0.39 is 0 Å². The van der Waals surface area contributed by atoms with Gasteiger partial charge in [-0.15, -0.1) is 0 Å². The number of aromatic nitrogens is 2. The third-order valence-electron chi connectivity index (χ3n) is 7.86. The van der Waals surface area contributed by atoms with Crippen molar-refractivity contribution in [3.8, 4) is 5.75 Å². The average Bonchev–Trinajstić information content (AvgIpc) is 3.43. The molecule has 0 atom stereocenters. The number of nitrogens with one attached hydrogen (secondary N) is 3. The molecule has 1 aromatic carbocycles. The van der Waals surface area contributed by atoms with Crippen LogP contribution in [0.2, 0.25) is 5.02 Å². The van der Waals surface area contributed by atoms with Crippen molar-refractivity contribution in [1.29, 1.82) is 0 Å². The first-order valence-corrected chi connectivity index (χ1v) is 15.1. The Morgan fingerprint density at radius 3 is 2.71 bits per heavy atom. The molecule has 11 heteroatoms. The van der Waals surface area contributed by atoms with Crippen molar-refractivity contribution in [3.63, 3.8) is 0 Å². The molecule has 2 fully saturated rings. The molecule has 2 aliphatic heterocycles. The Bertz CT molecular complexity index is 1260. The fourth-order valence-corrected chi connectivity index (χ4v) is 5.85. The Morgan fingerprint density at radius 1 is 1.15 bits per heavy atom. The van der Waals surface area contributed by atoms with E-state index in [4.69, 9.17) is 21.1 Å². The van der Waals surface area contributed by atoms with E-state index in [9.17, 15) is 9.59 Å². The summed E-state index contributed by atoms with van der Waals surface area (Å²) in [7, 11) is 0. The number of piperidine rings is 1. The third-order valence-corrected chi connectivity index (χ3v) is 8.16. The second kappa shape index (κ2) is 14.0. The minimum Gasteiger partial charge on any atom is -0.489 e. The molecule has 2 amide bonds. The Morgan fingerprint density at radius 2 is 1.95 bits per heavy atom. The zero-order valence-electron chi connectivity index (χ0n) is 23.6. The largest absolute Gasteiger partial charge is 0.489 e. The minimum absolute atomic E-state index is 0.0193. The Hall–Kier alpha value is -3.37. The van der Waals surface area contributed by atoms with Gasteiger partial charge in [-0.25, -0.2) is 9.97 Å². The Labute approximate surface area is 246 Å². The zero-order chi connectivity index (χ0) is 28.6. The molecule has 41 heavy (non-hydrogen) atoms. The van der Waals surface area contributed by atoms with Crippen molar-refractivity contribution in [2.75, 3.05) is 50.0 Å². The number of carbonyl (C=O) groups excluding carboxylic acids is 2. The number of ether oxygens (including phenoxy) is 2. The smallest absolute Gasteiger partial charge is 0.247 e. The number of nitrogens with zero attached hydrogens (tertiary/aromatic N) is 3. The molecule has 0 spiro atoms. The van der Waals surface area contributed by atoms with Gasteiger partial charge in [-0.2, -0.15) is 0 Å². The number of likely N-dealkylation sites (tertiary alicyclic amines) is 1. The van der Waals surface area contributed by atoms with Crippen LogP contribution in [0.15, 0.2) is 30.1 Å². The maximum Gasteiger partial charge on any atom is 0.247 e. The van der Waals surface area contributed by atoms with E-state index >= 15 is 0 Å². The van der Waals surface area contributed by atoms with Crippen LogP contribution in [0.3, 0.4) is 0 Å². The van der Waals surface area contributed by atoms with E-state index in [0.717, 1.165) is 44.5 Å². The molecule has 0 unspecified atom stereocenters. The molecule has 0 radical (unpaired) electrons. The van der Waals surface area contributed by atoms with Crippen LogP contribution in [0.4, 0.5) is 17.3 Å². The molecule has 1 saturated carbocycles. The quantitative estimate of drug-likeness (QED) is 0.342. The van der Waals surface area contributed by atoms with Gasteiger partial charge in [0.2, 0.25) is 11.8 Å². The second-order valence-electron chi connectivity index (χ2n) is 10.7. The molecular formula is C30H39ClN6O4. The van der Waals surface area contributed by atoms with Gasteiger partial charge in [0.25, 0.3) is 0 Å². The van der Waals surface area contributed by atoms with Crippen molar-refractivity contribution in [1.82, 2.24) is 20.2 Å². The maximum absolute atomic E-state index is 12.8. The van der Waals surface area contributed by atoms with Crippen LogP contribution >= 0.6 is 11.6 Å². The van der Waals surface area contributed by atoms with Gasteiger partial charge in [0.05, 0.1) is 17.2 Å². The molecular weight excluding hydrogens is 544 g/mol. The topological polar surface area (TPSA) is 118 Å². The van der Waals surface area contributed by atoms with Gasteiger partial charge in [-0.05, 0) is 50.5 Å². The monoisotopic (exact) mass is 582 g/mol. The lowest BCUT2D eigenvalue weighted by Crippen LogP contribution is -2.44. The molecule has 3 heterocycles. The van der Waals surface area contributed by atoms with Gasteiger partial charge in [0, 0.05) is 62.8 Å². The highest BCUT2D eigenvalue weighted by atomic mass is 35.5. The first kappa shape index (κ1) is 29.1. The van der Waals surface area contributed by atoms with Crippen molar-refractivity contribution in [2.45, 2.75) is 58.0 Å². The molecule has 10 nitrogen and oxygen atoms in total. The van der Waals surface area contributed by atoms with Crippen LogP contribution in [-0.4, -0.2) is 72.2 Å². The van der Waals surface area contributed by atoms with E-state index in [2.05, 4.69) is 25.9 Å². The number of benzene rings is 1. The first-order valence-electron chi connectivity index (χ1n) is 14.7. The standard InChI is InChI=1S/C30H39ClN6O4/c1-2-40-16-13-33-29(38)21-9-12-32-27-24(17-21)28(35-19-34-27)36-22-7-8-26(25(31)18-22)41-23-10-14-37(15-11-23)30(39)20-5-3-4-6-20/h7-8,17-20,23H,2-6,9-16H2,1H3,(H,33,38)(H2,32,34,35,36). The summed E-state index contributed by atoms with van der Waals surface area (Å²) in [6.07, 6.45) is 9.87. The van der Waals surface area contributed by atoms with Gasteiger partial charge in [-0.1, -0.05) is 24.4 Å². The summed E-state index contributed by atoms with van der Waals surface area (Å²) >= 11 is 6.64. The Balaban J connectivity index is 1.21. The fraction of sp³-hybridized carbons (Fsp3) is 0.533. The average molecular weight is 583 g/mol. The lowest BCUT2D eigenvalue weighted by atomic mass is 10.0. The lowest BCUT2D eigenvalue weighted by molar-refractivity contribution is -0.137. The van der Waals surface area contributed by atoms with Gasteiger partial charge in [0.1, 0.15) is 29.8 Å². The molecule has 1 aliphatic carbocycles. The van der Waals surface area contributed by atoms with E-state index in [1.807, 2.05) is 30.0 Å². The second-order valence-corrected chi connectivity index (χ2v) is 11.1. The van der Waals surface area contributed by atoms with E-state index in [-0.39, 0.29) is 17.9 Å². The normalized spacial score (nSPS) is 17.7. The molecule has 220 valence electrons. The number of amides is 2. The zero-order valence-corrected chi connectivity index (χ0v) is 24.3. The minimum atomic E-state index is -0.132. The molecule has 0 bridgehead atoms. The predicted molar refractivity (Wildman–Crippen MR) is 160 cm³/mol. The van der Waals surface area contributed by atoms with Crippen molar-refractivity contribution >= 4 is 46.8 Å². The van der Waals surface area contributed by atoms with Gasteiger partial charge in [-0.3, -0.25) is 9.59 Å². The predicted octanol–water partition coefficient (Wildman–Crippen LogP) is 4.79. The molecule has 1 saturated heterocycles. The summed E-state index contributed by atoms with van der Waals surface area (Å²) in [5.41, 5.74) is 2.08. The number of anilines is 3. The number of carbonyl (C=O) groups is 2. The van der Waals surface area contributed by atoms with Crippen LogP contribution in [0.25, 0.3) is 6.08 Å². The highest BCUT2D eigenvalue weighted by molar-refractivity contribution is 6.32. The number of fused-ring (bicyclic) bond motifs is 1. The maximum atomic E-state index is 12.8. The highest BCUT2D eigenvalue weighted by Gasteiger charge is 2.30. The summed E-state index contributed by atoms with van der Waals surface area (Å²) in [5, 5.41) is 10.0. The molecule has 5 rings (SSSR count). The van der Waals surface area contributed by atoms with Crippen LogP contribution in [0.5, 0.6) is 5.75 Å². The van der Waals surface area contributed by atoms with Crippen LogP contribution in [0.1, 0.15) is 57.4 Å². The lowest BCUT2D eigenvalue weighted by Gasteiger charge is -2.33. The first-order chi connectivity index (χ1) is 20.0. The summed E-state index contributed by atoms with van der Waals surface area (Å²) in [6.45, 7) is 5.49. The SMILES string of the molecule is CCOCCNC(=O)C1=Cc2c(ncnc2Nc2ccc(OC3CCN(C(=O)C4CCCC4)CC3)c(Cl)c2)NCC1. The summed E-state index contributed by atoms with van der Waals surface area (Å²) in [6, 6.07) is 5.55. The third kappa shape index (κ3) is 7.48. The molecule has 3 aliphatic rings. The van der Waals surface area contributed by atoms with Gasteiger partial charge in [0.15, 0.2) is 0 Å². The van der Waals surface area contributed by atoms with Crippen LogP contribution in [-0.2, 0) is 14.3 Å². The van der Waals surface area contributed by atoms with E-state index in [1.54, 1.807) is 6.07 Å². The van der Waals surface area contributed by atoms with Crippen molar-refractivity contribution < 1.29 is 19.1 Å². The van der Waals surface area contributed by atoms with E-state index in [0.29, 0.717) is 72.2 Å². The molecule has 2 aromatic rings. The number of hydrogen-bond donors (Lipinski definition) is 3. The van der Waals surface area contributed by atoms with Crippen LogP contribution in [0, 0.1) is 5.92 Å². The number of hydrogen-bond acceptors (Lipinski definition) is 8. The summed E-state index contributed by atoms with van der Waals surface area (Å²) in [5.74, 6) is 2.24. The number of halogens is 1. The molecule has 1 aromatic heterocycles. The van der Waals surface area contributed by atoms with Gasteiger partial charge >= 0.3 is 0 Å².